The van der Waals surface area contributed by atoms with E-state index in [1.54, 1.807) is 6.20 Å². The van der Waals surface area contributed by atoms with Crippen LogP contribution in [0.25, 0.3) is 0 Å². The molecule has 2 aliphatic rings. The first kappa shape index (κ1) is 18.9. The fourth-order valence-electron chi connectivity index (χ4n) is 3.26. The average Bonchev–Trinajstić information content (AvgIpc) is 2.71. The van der Waals surface area contributed by atoms with Gasteiger partial charge in [-0.05, 0) is 18.2 Å². The van der Waals surface area contributed by atoms with Crippen molar-refractivity contribution < 1.29 is 23.1 Å². The molecule has 1 aromatic heterocycles. The summed E-state index contributed by atoms with van der Waals surface area (Å²) in [4.78, 5) is 31.8. The van der Waals surface area contributed by atoms with Crippen LogP contribution in [0.1, 0.15) is 11.3 Å². The molecule has 2 N–H and O–H groups in total. The average molecular weight is 403 g/mol. The van der Waals surface area contributed by atoms with Crippen molar-refractivity contribution in [3.05, 3.63) is 47.3 Å². The van der Waals surface area contributed by atoms with Crippen LogP contribution in [0, 0.1) is 11.6 Å². The number of anilines is 2. The molecule has 4 rings (SSSR count). The van der Waals surface area contributed by atoms with E-state index in [2.05, 4.69) is 15.6 Å². The Kier molecular flexibility index (Phi) is 4.91. The molecule has 3 heterocycles. The summed E-state index contributed by atoms with van der Waals surface area (Å²) in [7, 11) is 1.94. The van der Waals surface area contributed by atoms with Gasteiger partial charge in [-0.3, -0.25) is 9.78 Å². The summed E-state index contributed by atoms with van der Waals surface area (Å²) in [5, 5.41) is 5.15. The van der Waals surface area contributed by atoms with Gasteiger partial charge < -0.3 is 25.2 Å². The van der Waals surface area contributed by atoms with E-state index in [-0.39, 0.29) is 30.9 Å². The normalized spacial score (nSPS) is 15.2. The number of likely N-dealkylation sites (N-methyl/N-ethyl adjacent to an activating group) is 1. The van der Waals surface area contributed by atoms with Gasteiger partial charge in [0.05, 0.1) is 42.9 Å². The standard InChI is InChI=1S/C19H19F2N5O3/c1-25-4-5-29-16-8-22-11(6-15(16)25)7-23-17(27)10-26-9-12-14(24-19(26)28)3-2-13(20)18(12)21/h2-3,6,8H,4-5,7,9-10H2,1H3,(H,23,27)(H,24,28). The lowest BCUT2D eigenvalue weighted by Crippen LogP contribution is -2.45. The fraction of sp³-hybridized carbons (Fsp3) is 0.316. The number of hydrogen-bond donors (Lipinski definition) is 2. The maximum absolute atomic E-state index is 14.0. The first-order valence-electron chi connectivity index (χ1n) is 9.04. The van der Waals surface area contributed by atoms with E-state index in [1.807, 2.05) is 18.0 Å². The van der Waals surface area contributed by atoms with Gasteiger partial charge in [-0.15, -0.1) is 0 Å². The summed E-state index contributed by atoms with van der Waals surface area (Å²) in [6.45, 7) is 1.01. The number of carbonyl (C=O) groups is 2. The smallest absolute Gasteiger partial charge is 0.322 e. The monoisotopic (exact) mass is 403 g/mol. The van der Waals surface area contributed by atoms with Gasteiger partial charge in [0.2, 0.25) is 5.91 Å². The predicted molar refractivity (Wildman–Crippen MR) is 101 cm³/mol. The van der Waals surface area contributed by atoms with Gasteiger partial charge in [0, 0.05) is 12.6 Å². The van der Waals surface area contributed by atoms with Crippen molar-refractivity contribution >= 4 is 23.3 Å². The number of fused-ring (bicyclic) bond motifs is 2. The van der Waals surface area contributed by atoms with Crippen molar-refractivity contribution in [2.75, 3.05) is 37.0 Å². The van der Waals surface area contributed by atoms with Crippen molar-refractivity contribution in [2.24, 2.45) is 0 Å². The number of nitrogens with zero attached hydrogens (tertiary/aromatic N) is 3. The maximum Gasteiger partial charge on any atom is 0.322 e. The van der Waals surface area contributed by atoms with E-state index in [4.69, 9.17) is 4.74 Å². The third kappa shape index (κ3) is 3.78. The highest BCUT2D eigenvalue weighted by molar-refractivity contribution is 5.94. The molecule has 1 aromatic carbocycles. The summed E-state index contributed by atoms with van der Waals surface area (Å²) < 4.78 is 33.0. The number of pyridine rings is 1. The summed E-state index contributed by atoms with van der Waals surface area (Å²) in [5.74, 6) is -1.79. The van der Waals surface area contributed by atoms with Crippen molar-refractivity contribution in [2.45, 2.75) is 13.1 Å². The fourth-order valence-corrected chi connectivity index (χ4v) is 3.26. The van der Waals surface area contributed by atoms with Crippen LogP contribution in [-0.4, -0.2) is 48.6 Å². The Bertz CT molecular complexity index is 985. The van der Waals surface area contributed by atoms with Gasteiger partial charge in [0.15, 0.2) is 17.4 Å². The minimum atomic E-state index is -1.03. The molecule has 2 aromatic rings. The number of amides is 3. The lowest BCUT2D eigenvalue weighted by Gasteiger charge is -2.29. The molecule has 8 nitrogen and oxygen atoms in total. The Morgan fingerprint density at radius 2 is 2.21 bits per heavy atom. The highest BCUT2D eigenvalue weighted by Crippen LogP contribution is 2.30. The van der Waals surface area contributed by atoms with Gasteiger partial charge in [-0.25, -0.2) is 13.6 Å². The number of carbonyl (C=O) groups excluding carboxylic acids is 2. The molecule has 29 heavy (non-hydrogen) atoms. The van der Waals surface area contributed by atoms with Gasteiger partial charge in [-0.2, -0.15) is 0 Å². The molecule has 10 heteroatoms. The van der Waals surface area contributed by atoms with Crippen molar-refractivity contribution in [1.82, 2.24) is 15.2 Å². The first-order chi connectivity index (χ1) is 13.9. The lowest BCUT2D eigenvalue weighted by molar-refractivity contribution is -0.121. The molecule has 0 unspecified atom stereocenters. The predicted octanol–water partition coefficient (Wildman–Crippen LogP) is 1.85. The third-order valence-electron chi connectivity index (χ3n) is 4.87. The topological polar surface area (TPSA) is 86.8 Å². The Hall–Kier alpha value is -3.43. The number of halogens is 2. The molecule has 0 fully saturated rings. The molecule has 2 aliphatic heterocycles. The van der Waals surface area contributed by atoms with Crippen LogP contribution in [0.5, 0.6) is 5.75 Å². The Morgan fingerprint density at radius 1 is 1.38 bits per heavy atom. The Labute approximate surface area is 165 Å². The first-order valence-corrected chi connectivity index (χ1v) is 9.04. The minimum absolute atomic E-state index is 0.0109. The summed E-state index contributed by atoms with van der Waals surface area (Å²) in [6.07, 6.45) is 1.61. The molecular weight excluding hydrogens is 384 g/mol. The van der Waals surface area contributed by atoms with E-state index in [9.17, 15) is 18.4 Å². The Morgan fingerprint density at radius 3 is 3.03 bits per heavy atom. The SMILES string of the molecule is CN1CCOc2cnc(CNC(=O)CN3Cc4c(ccc(F)c4F)NC3=O)cc21. The second-order valence-electron chi connectivity index (χ2n) is 6.86. The van der Waals surface area contributed by atoms with Gasteiger partial charge in [0.1, 0.15) is 13.2 Å². The number of benzene rings is 1. The quantitative estimate of drug-likeness (QED) is 0.814. The Balaban J connectivity index is 1.38. The second kappa shape index (κ2) is 7.53. The zero-order valence-corrected chi connectivity index (χ0v) is 15.7. The van der Waals surface area contributed by atoms with Crippen LogP contribution >= 0.6 is 0 Å². The molecule has 152 valence electrons. The summed E-state index contributed by atoms with van der Waals surface area (Å²) in [6, 6.07) is 3.53. The van der Waals surface area contributed by atoms with E-state index in [0.717, 1.165) is 23.2 Å². The van der Waals surface area contributed by atoms with Gasteiger partial charge in [-0.1, -0.05) is 0 Å². The number of aromatic nitrogens is 1. The van der Waals surface area contributed by atoms with Crippen LogP contribution in [0.2, 0.25) is 0 Å². The maximum atomic E-state index is 14.0. The number of urea groups is 1. The summed E-state index contributed by atoms with van der Waals surface area (Å²) in [5.41, 5.74) is 1.74. The minimum Gasteiger partial charge on any atom is -0.488 e. The highest BCUT2D eigenvalue weighted by atomic mass is 19.2. The number of ether oxygens (including phenoxy) is 1. The number of nitrogens with one attached hydrogen (secondary N) is 2. The van der Waals surface area contributed by atoms with Crippen LogP contribution in [0.3, 0.4) is 0 Å². The molecule has 0 saturated carbocycles. The van der Waals surface area contributed by atoms with Crippen molar-refractivity contribution in [1.29, 1.82) is 0 Å². The molecule has 0 radical (unpaired) electrons. The molecular formula is C19H19F2N5O3. The number of hydrogen-bond acceptors (Lipinski definition) is 5. The largest absolute Gasteiger partial charge is 0.488 e. The van der Waals surface area contributed by atoms with E-state index < -0.39 is 23.6 Å². The van der Waals surface area contributed by atoms with Crippen LogP contribution in [-0.2, 0) is 17.9 Å². The van der Waals surface area contributed by atoms with Crippen LogP contribution < -0.4 is 20.3 Å². The molecule has 0 atom stereocenters. The molecule has 3 amide bonds. The second-order valence-corrected chi connectivity index (χ2v) is 6.86. The zero-order valence-electron chi connectivity index (χ0n) is 15.7. The van der Waals surface area contributed by atoms with Crippen molar-refractivity contribution in [3.63, 3.8) is 0 Å². The van der Waals surface area contributed by atoms with Crippen LogP contribution in [0.15, 0.2) is 24.4 Å². The third-order valence-corrected chi connectivity index (χ3v) is 4.87. The molecule has 0 saturated heterocycles. The number of rotatable bonds is 4. The summed E-state index contributed by atoms with van der Waals surface area (Å²) >= 11 is 0. The molecule has 0 spiro atoms. The zero-order chi connectivity index (χ0) is 20.5. The van der Waals surface area contributed by atoms with Crippen molar-refractivity contribution in [3.8, 4) is 5.75 Å². The highest BCUT2D eigenvalue weighted by Gasteiger charge is 2.28. The van der Waals surface area contributed by atoms with Crippen LogP contribution in [0.4, 0.5) is 25.0 Å². The van der Waals surface area contributed by atoms with Gasteiger partial charge in [0.25, 0.3) is 0 Å². The van der Waals surface area contributed by atoms with E-state index in [1.165, 1.54) is 6.07 Å². The molecule has 0 bridgehead atoms. The van der Waals surface area contributed by atoms with Gasteiger partial charge >= 0.3 is 6.03 Å². The van der Waals surface area contributed by atoms with E-state index in [0.29, 0.717) is 18.1 Å². The van der Waals surface area contributed by atoms with E-state index >= 15 is 0 Å². The molecule has 0 aliphatic carbocycles. The lowest BCUT2D eigenvalue weighted by atomic mass is 10.1.